The molecule has 0 saturated carbocycles. The van der Waals surface area contributed by atoms with Crippen molar-refractivity contribution in [3.63, 3.8) is 0 Å². The number of aryl methyl sites for hydroxylation is 1. The number of carbonyl (C=O) groups is 2. The van der Waals surface area contributed by atoms with Crippen LogP contribution >= 0.6 is 0 Å². The Morgan fingerprint density at radius 2 is 2.09 bits per heavy atom. The third-order valence-corrected chi connectivity index (χ3v) is 5.46. The van der Waals surface area contributed by atoms with E-state index in [-0.39, 0.29) is 23.9 Å². The van der Waals surface area contributed by atoms with E-state index in [4.69, 9.17) is 0 Å². The topological polar surface area (TPSA) is 92.8 Å². The van der Waals surface area contributed by atoms with Gasteiger partial charge in [0, 0.05) is 18.7 Å². The smallest absolute Gasteiger partial charge is 0.321 e. The van der Waals surface area contributed by atoms with Crippen LogP contribution in [-0.4, -0.2) is 44.8 Å². The Kier molecular flexibility index (Phi) is 5.38. The van der Waals surface area contributed by atoms with Crippen LogP contribution in [0.3, 0.4) is 0 Å². The second-order valence-corrected chi connectivity index (χ2v) is 7.22. The minimum absolute atomic E-state index is 0.0774. The number of carbonyl (C=O) groups excluding carboxylic acids is 2. The van der Waals surface area contributed by atoms with Gasteiger partial charge in [-0.1, -0.05) is 6.92 Å². The van der Waals surface area contributed by atoms with E-state index in [9.17, 15) is 18.0 Å². The number of anilines is 1. The maximum Gasteiger partial charge on any atom is 0.321 e. The SMILES string of the molecule is CCCN(CC(=O)OC)S(=O)(=O)c1ccc2c(c1)CCC(=O)N2. The summed E-state index contributed by atoms with van der Waals surface area (Å²) in [5.41, 5.74) is 1.41. The van der Waals surface area contributed by atoms with Gasteiger partial charge in [0.1, 0.15) is 6.54 Å². The second kappa shape index (κ2) is 7.10. The minimum atomic E-state index is -3.80. The van der Waals surface area contributed by atoms with E-state index in [1.165, 1.54) is 13.2 Å². The molecule has 1 heterocycles. The highest BCUT2D eigenvalue weighted by Crippen LogP contribution is 2.27. The third kappa shape index (κ3) is 3.89. The molecule has 1 aliphatic rings. The van der Waals surface area contributed by atoms with Crippen molar-refractivity contribution >= 4 is 27.6 Å². The van der Waals surface area contributed by atoms with Gasteiger partial charge in [-0.3, -0.25) is 9.59 Å². The zero-order chi connectivity index (χ0) is 17.0. The number of rotatable bonds is 6. The van der Waals surface area contributed by atoms with Crippen LogP contribution in [0.25, 0.3) is 0 Å². The van der Waals surface area contributed by atoms with Crippen molar-refractivity contribution < 1.29 is 22.7 Å². The van der Waals surface area contributed by atoms with Crippen LogP contribution in [0, 0.1) is 0 Å². The number of methoxy groups -OCH3 is 1. The van der Waals surface area contributed by atoms with Gasteiger partial charge in [0.15, 0.2) is 0 Å². The number of hydrogen-bond acceptors (Lipinski definition) is 5. The summed E-state index contributed by atoms with van der Waals surface area (Å²) in [6.45, 7) is 1.74. The number of ether oxygens (including phenoxy) is 1. The number of amides is 1. The molecule has 1 aromatic rings. The molecule has 1 amide bonds. The largest absolute Gasteiger partial charge is 0.468 e. The Morgan fingerprint density at radius 3 is 2.74 bits per heavy atom. The zero-order valence-corrected chi connectivity index (χ0v) is 14.0. The van der Waals surface area contributed by atoms with Crippen molar-refractivity contribution in [2.45, 2.75) is 31.1 Å². The second-order valence-electron chi connectivity index (χ2n) is 5.28. The number of fused-ring (bicyclic) bond motifs is 1. The first-order valence-corrected chi connectivity index (χ1v) is 8.82. The highest BCUT2D eigenvalue weighted by Gasteiger charge is 2.27. The molecular formula is C15H20N2O5S. The van der Waals surface area contributed by atoms with Crippen LogP contribution in [0.1, 0.15) is 25.3 Å². The zero-order valence-electron chi connectivity index (χ0n) is 13.2. The van der Waals surface area contributed by atoms with Crippen LogP contribution in [0.4, 0.5) is 5.69 Å². The van der Waals surface area contributed by atoms with Gasteiger partial charge in [0.25, 0.3) is 0 Å². The molecular weight excluding hydrogens is 320 g/mol. The van der Waals surface area contributed by atoms with Crippen molar-refractivity contribution in [2.24, 2.45) is 0 Å². The number of sulfonamides is 1. The molecule has 0 unspecified atom stereocenters. The van der Waals surface area contributed by atoms with Crippen LogP contribution < -0.4 is 5.32 Å². The van der Waals surface area contributed by atoms with Crippen molar-refractivity contribution in [3.05, 3.63) is 23.8 Å². The molecule has 7 nitrogen and oxygen atoms in total. The van der Waals surface area contributed by atoms with Gasteiger partial charge in [-0.2, -0.15) is 4.31 Å². The Bertz CT molecular complexity index is 715. The van der Waals surface area contributed by atoms with Gasteiger partial charge < -0.3 is 10.1 Å². The van der Waals surface area contributed by atoms with Crippen molar-refractivity contribution in [1.82, 2.24) is 4.31 Å². The highest BCUT2D eigenvalue weighted by molar-refractivity contribution is 7.89. The first-order valence-electron chi connectivity index (χ1n) is 7.38. The van der Waals surface area contributed by atoms with Crippen molar-refractivity contribution in [1.29, 1.82) is 0 Å². The number of nitrogens with one attached hydrogen (secondary N) is 1. The Balaban J connectivity index is 2.33. The maximum absolute atomic E-state index is 12.8. The fourth-order valence-corrected chi connectivity index (χ4v) is 3.94. The summed E-state index contributed by atoms with van der Waals surface area (Å²) in [6, 6.07) is 4.59. The van der Waals surface area contributed by atoms with Gasteiger partial charge in [-0.05, 0) is 36.6 Å². The Hall–Kier alpha value is -1.93. The lowest BCUT2D eigenvalue weighted by Crippen LogP contribution is -2.37. The molecule has 1 N–H and O–H groups in total. The number of nitrogens with zero attached hydrogens (tertiary/aromatic N) is 1. The number of benzene rings is 1. The highest BCUT2D eigenvalue weighted by atomic mass is 32.2. The molecule has 0 bridgehead atoms. The predicted molar refractivity (Wildman–Crippen MR) is 84.5 cm³/mol. The first kappa shape index (κ1) is 17.4. The molecule has 0 saturated heterocycles. The van der Waals surface area contributed by atoms with E-state index in [0.717, 1.165) is 9.87 Å². The molecule has 0 aromatic heterocycles. The Morgan fingerprint density at radius 1 is 1.35 bits per heavy atom. The van der Waals surface area contributed by atoms with Gasteiger partial charge in [0.2, 0.25) is 15.9 Å². The third-order valence-electron chi connectivity index (χ3n) is 3.62. The van der Waals surface area contributed by atoms with Crippen molar-refractivity contribution in [2.75, 3.05) is 25.5 Å². The molecule has 8 heteroatoms. The van der Waals surface area contributed by atoms with E-state index >= 15 is 0 Å². The lowest BCUT2D eigenvalue weighted by Gasteiger charge is -2.22. The average Bonchev–Trinajstić information content (AvgIpc) is 2.53. The summed E-state index contributed by atoms with van der Waals surface area (Å²) >= 11 is 0. The monoisotopic (exact) mass is 340 g/mol. The Labute approximate surface area is 135 Å². The molecule has 0 atom stereocenters. The lowest BCUT2D eigenvalue weighted by atomic mass is 10.0. The van der Waals surface area contributed by atoms with E-state index in [0.29, 0.717) is 24.9 Å². The van der Waals surface area contributed by atoms with Crippen LogP contribution in [0.5, 0.6) is 0 Å². The maximum atomic E-state index is 12.8. The number of esters is 1. The summed E-state index contributed by atoms with van der Waals surface area (Å²) in [7, 11) is -2.57. The van der Waals surface area contributed by atoms with Gasteiger partial charge in [0.05, 0.1) is 12.0 Å². The first-order chi connectivity index (χ1) is 10.9. The van der Waals surface area contributed by atoms with E-state index in [1.807, 2.05) is 6.92 Å². The summed E-state index contributed by atoms with van der Waals surface area (Å²) in [6.07, 6.45) is 1.41. The molecule has 2 rings (SSSR count). The lowest BCUT2D eigenvalue weighted by molar-refractivity contribution is -0.140. The molecule has 23 heavy (non-hydrogen) atoms. The molecule has 1 aromatic carbocycles. The van der Waals surface area contributed by atoms with Crippen LogP contribution in [0.2, 0.25) is 0 Å². The fraction of sp³-hybridized carbons (Fsp3) is 0.467. The minimum Gasteiger partial charge on any atom is -0.468 e. The van der Waals surface area contributed by atoms with Gasteiger partial charge in [-0.15, -0.1) is 0 Å². The summed E-state index contributed by atoms with van der Waals surface area (Å²) < 4.78 is 31.2. The van der Waals surface area contributed by atoms with Crippen LogP contribution in [-0.2, 0) is 30.8 Å². The number of hydrogen-bond donors (Lipinski definition) is 1. The quantitative estimate of drug-likeness (QED) is 0.784. The van der Waals surface area contributed by atoms with E-state index < -0.39 is 16.0 Å². The van der Waals surface area contributed by atoms with Gasteiger partial charge in [-0.25, -0.2) is 8.42 Å². The molecule has 0 spiro atoms. The summed E-state index contributed by atoms with van der Waals surface area (Å²) in [4.78, 5) is 22.9. The summed E-state index contributed by atoms with van der Waals surface area (Å²) in [5.74, 6) is -0.682. The average molecular weight is 340 g/mol. The summed E-state index contributed by atoms with van der Waals surface area (Å²) in [5, 5.41) is 2.71. The standard InChI is InChI=1S/C15H20N2O5S/c1-3-8-17(10-15(19)22-2)23(20,21)12-5-6-13-11(9-12)4-7-14(18)16-13/h5-6,9H,3-4,7-8,10H2,1-2H3,(H,16,18). The molecule has 0 fully saturated rings. The van der Waals surface area contributed by atoms with Crippen molar-refractivity contribution in [3.8, 4) is 0 Å². The normalized spacial score (nSPS) is 14.3. The molecule has 0 radical (unpaired) electrons. The van der Waals surface area contributed by atoms with Gasteiger partial charge >= 0.3 is 5.97 Å². The van der Waals surface area contributed by atoms with Crippen LogP contribution in [0.15, 0.2) is 23.1 Å². The molecule has 126 valence electrons. The van der Waals surface area contributed by atoms with E-state index in [1.54, 1.807) is 12.1 Å². The predicted octanol–water partition coefficient (Wildman–Crippen LogP) is 1.14. The molecule has 0 aliphatic carbocycles. The van der Waals surface area contributed by atoms with E-state index in [2.05, 4.69) is 10.1 Å². The molecule has 1 aliphatic heterocycles. The fourth-order valence-electron chi connectivity index (χ4n) is 2.41.